The first-order chi connectivity index (χ1) is 8.75. The SMILES string of the molecule is O=C(c1cc(Cl)cc2c1OCC2)C1CCCCO1. The van der Waals surface area contributed by atoms with E-state index in [0.29, 0.717) is 29.5 Å². The summed E-state index contributed by atoms with van der Waals surface area (Å²) in [4.78, 5) is 12.4. The average molecular weight is 267 g/mol. The highest BCUT2D eigenvalue weighted by Gasteiger charge is 2.28. The largest absolute Gasteiger partial charge is 0.492 e. The van der Waals surface area contributed by atoms with Gasteiger partial charge in [-0.15, -0.1) is 0 Å². The van der Waals surface area contributed by atoms with Crippen LogP contribution in [0.3, 0.4) is 0 Å². The molecule has 0 amide bonds. The van der Waals surface area contributed by atoms with E-state index in [2.05, 4.69) is 0 Å². The number of fused-ring (bicyclic) bond motifs is 1. The van der Waals surface area contributed by atoms with Gasteiger partial charge in [0.05, 0.1) is 12.2 Å². The predicted octanol–water partition coefficient (Wildman–Crippen LogP) is 3.03. The van der Waals surface area contributed by atoms with Gasteiger partial charge in [0.1, 0.15) is 11.9 Å². The number of benzene rings is 1. The molecule has 0 aromatic heterocycles. The molecule has 1 atom stereocenters. The van der Waals surface area contributed by atoms with Crippen molar-refractivity contribution in [3.8, 4) is 5.75 Å². The quantitative estimate of drug-likeness (QED) is 0.772. The third-order valence-electron chi connectivity index (χ3n) is 3.49. The lowest BCUT2D eigenvalue weighted by molar-refractivity contribution is 0.0184. The maximum atomic E-state index is 12.4. The van der Waals surface area contributed by atoms with Gasteiger partial charge >= 0.3 is 0 Å². The molecule has 4 heteroatoms. The Hall–Kier alpha value is -1.06. The lowest BCUT2D eigenvalue weighted by Crippen LogP contribution is -2.28. The van der Waals surface area contributed by atoms with Crippen molar-refractivity contribution in [3.05, 3.63) is 28.3 Å². The van der Waals surface area contributed by atoms with Gasteiger partial charge in [0.2, 0.25) is 0 Å². The molecule has 3 nitrogen and oxygen atoms in total. The molecule has 2 aliphatic heterocycles. The van der Waals surface area contributed by atoms with Crippen molar-refractivity contribution in [2.45, 2.75) is 31.8 Å². The number of rotatable bonds is 2. The van der Waals surface area contributed by atoms with Gasteiger partial charge in [-0.1, -0.05) is 11.6 Å². The van der Waals surface area contributed by atoms with E-state index in [1.165, 1.54) is 0 Å². The Kier molecular flexibility index (Phi) is 3.27. The monoisotopic (exact) mass is 266 g/mol. The normalized spacial score (nSPS) is 22.4. The van der Waals surface area contributed by atoms with Crippen molar-refractivity contribution in [1.29, 1.82) is 0 Å². The third kappa shape index (κ3) is 2.13. The lowest BCUT2D eigenvalue weighted by atomic mass is 9.97. The fourth-order valence-electron chi connectivity index (χ4n) is 2.57. The maximum absolute atomic E-state index is 12.4. The van der Waals surface area contributed by atoms with Crippen LogP contribution in [-0.4, -0.2) is 25.1 Å². The van der Waals surface area contributed by atoms with E-state index in [-0.39, 0.29) is 11.9 Å². The molecule has 0 saturated carbocycles. The number of halogens is 1. The molecule has 2 heterocycles. The van der Waals surface area contributed by atoms with Crippen LogP contribution in [0.4, 0.5) is 0 Å². The first kappa shape index (κ1) is 12.0. The Balaban J connectivity index is 1.93. The van der Waals surface area contributed by atoms with Crippen LogP contribution in [0.25, 0.3) is 0 Å². The van der Waals surface area contributed by atoms with Crippen molar-refractivity contribution in [1.82, 2.24) is 0 Å². The number of ether oxygens (including phenoxy) is 2. The van der Waals surface area contributed by atoms with Gasteiger partial charge in [0.25, 0.3) is 0 Å². The molecule has 0 radical (unpaired) electrons. The average Bonchev–Trinajstić information content (AvgIpc) is 2.86. The van der Waals surface area contributed by atoms with Crippen LogP contribution in [0.1, 0.15) is 35.2 Å². The Labute approximate surface area is 111 Å². The van der Waals surface area contributed by atoms with Crippen molar-refractivity contribution in [2.75, 3.05) is 13.2 Å². The zero-order chi connectivity index (χ0) is 12.5. The molecule has 96 valence electrons. The molecule has 0 bridgehead atoms. The highest BCUT2D eigenvalue weighted by Crippen LogP contribution is 2.34. The molecule has 0 aliphatic carbocycles. The van der Waals surface area contributed by atoms with Crippen LogP contribution in [0.15, 0.2) is 12.1 Å². The number of hydrogen-bond acceptors (Lipinski definition) is 3. The zero-order valence-electron chi connectivity index (χ0n) is 10.1. The second kappa shape index (κ2) is 4.90. The summed E-state index contributed by atoms with van der Waals surface area (Å²) in [6.07, 6.45) is 3.36. The van der Waals surface area contributed by atoms with Gasteiger partial charge < -0.3 is 9.47 Å². The molecule has 1 aromatic carbocycles. The van der Waals surface area contributed by atoms with Crippen LogP contribution in [0.2, 0.25) is 5.02 Å². The second-order valence-electron chi connectivity index (χ2n) is 4.76. The van der Waals surface area contributed by atoms with Crippen LogP contribution < -0.4 is 4.74 Å². The minimum absolute atomic E-state index is 0.00958. The molecule has 2 aliphatic rings. The predicted molar refractivity (Wildman–Crippen MR) is 68.6 cm³/mol. The first-order valence-corrected chi connectivity index (χ1v) is 6.74. The van der Waals surface area contributed by atoms with Gasteiger partial charge in [-0.05, 0) is 37.0 Å². The van der Waals surface area contributed by atoms with E-state index in [9.17, 15) is 4.79 Å². The van der Waals surface area contributed by atoms with E-state index in [0.717, 1.165) is 31.2 Å². The molecule has 1 unspecified atom stereocenters. The number of ketones is 1. The summed E-state index contributed by atoms with van der Waals surface area (Å²) in [6, 6.07) is 3.58. The van der Waals surface area contributed by atoms with Crippen LogP contribution in [-0.2, 0) is 11.2 Å². The van der Waals surface area contributed by atoms with Crippen molar-refractivity contribution in [3.63, 3.8) is 0 Å². The summed E-state index contributed by atoms with van der Waals surface area (Å²) in [5, 5.41) is 0.596. The number of Topliss-reactive ketones (excluding diaryl/α,β-unsaturated/α-hetero) is 1. The smallest absolute Gasteiger partial charge is 0.195 e. The van der Waals surface area contributed by atoms with E-state index in [4.69, 9.17) is 21.1 Å². The third-order valence-corrected chi connectivity index (χ3v) is 3.70. The molecule has 0 spiro atoms. The van der Waals surface area contributed by atoms with Gasteiger partial charge in [-0.25, -0.2) is 0 Å². The minimum Gasteiger partial charge on any atom is -0.492 e. The second-order valence-corrected chi connectivity index (χ2v) is 5.20. The Morgan fingerprint density at radius 2 is 2.17 bits per heavy atom. The van der Waals surface area contributed by atoms with Gasteiger partial charge in [0.15, 0.2) is 5.78 Å². The fraction of sp³-hybridized carbons (Fsp3) is 0.500. The van der Waals surface area contributed by atoms with E-state index >= 15 is 0 Å². The molecule has 0 N–H and O–H groups in total. The fourth-order valence-corrected chi connectivity index (χ4v) is 2.81. The molecule has 18 heavy (non-hydrogen) atoms. The van der Waals surface area contributed by atoms with Gasteiger partial charge in [0, 0.05) is 18.1 Å². The number of carbonyl (C=O) groups excluding carboxylic acids is 1. The van der Waals surface area contributed by atoms with Crippen molar-refractivity contribution >= 4 is 17.4 Å². The first-order valence-electron chi connectivity index (χ1n) is 6.37. The summed E-state index contributed by atoms with van der Waals surface area (Å²) in [5.74, 6) is 0.717. The summed E-state index contributed by atoms with van der Waals surface area (Å²) in [7, 11) is 0. The van der Waals surface area contributed by atoms with Crippen LogP contribution in [0.5, 0.6) is 5.75 Å². The molecule has 1 aromatic rings. The van der Waals surface area contributed by atoms with Gasteiger partial charge in [-0.3, -0.25) is 4.79 Å². The highest BCUT2D eigenvalue weighted by molar-refractivity contribution is 6.31. The molecule has 1 saturated heterocycles. The standard InChI is InChI=1S/C14H15ClO3/c15-10-7-9-4-6-18-14(9)11(8-10)13(16)12-3-1-2-5-17-12/h7-8,12H,1-6H2. The van der Waals surface area contributed by atoms with E-state index < -0.39 is 0 Å². The number of hydrogen-bond donors (Lipinski definition) is 0. The molecular formula is C14H15ClO3. The topological polar surface area (TPSA) is 35.5 Å². The molecule has 3 rings (SSSR count). The van der Waals surface area contributed by atoms with Crippen molar-refractivity contribution < 1.29 is 14.3 Å². The lowest BCUT2D eigenvalue weighted by Gasteiger charge is -2.22. The minimum atomic E-state index is -0.328. The summed E-state index contributed by atoms with van der Waals surface area (Å²) >= 11 is 6.06. The molecular weight excluding hydrogens is 252 g/mol. The van der Waals surface area contributed by atoms with E-state index in [1.54, 1.807) is 6.07 Å². The Bertz CT molecular complexity index is 478. The highest BCUT2D eigenvalue weighted by atomic mass is 35.5. The summed E-state index contributed by atoms with van der Waals surface area (Å²) < 4.78 is 11.1. The maximum Gasteiger partial charge on any atom is 0.195 e. The van der Waals surface area contributed by atoms with E-state index in [1.807, 2.05) is 6.07 Å². The summed E-state index contributed by atoms with van der Waals surface area (Å²) in [6.45, 7) is 1.29. The molecule has 1 fully saturated rings. The Morgan fingerprint density at radius 1 is 1.28 bits per heavy atom. The van der Waals surface area contributed by atoms with Crippen LogP contribution in [0, 0.1) is 0 Å². The summed E-state index contributed by atoms with van der Waals surface area (Å²) in [5.41, 5.74) is 1.61. The Morgan fingerprint density at radius 3 is 2.94 bits per heavy atom. The van der Waals surface area contributed by atoms with Crippen molar-refractivity contribution in [2.24, 2.45) is 0 Å². The zero-order valence-corrected chi connectivity index (χ0v) is 10.8. The number of carbonyl (C=O) groups is 1. The van der Waals surface area contributed by atoms with Crippen LogP contribution >= 0.6 is 11.6 Å². The van der Waals surface area contributed by atoms with Gasteiger partial charge in [-0.2, -0.15) is 0 Å².